The monoisotopic (exact) mass is 487 g/mol. The van der Waals surface area contributed by atoms with Gasteiger partial charge in [0.05, 0.1) is 12.6 Å². The topological polar surface area (TPSA) is 184 Å². The molecule has 0 saturated carbocycles. The highest BCUT2D eigenvalue weighted by atomic mass is 16.3. The summed E-state index contributed by atoms with van der Waals surface area (Å²) in [6.45, 7) is 0.260. The van der Waals surface area contributed by atoms with E-state index in [0.717, 1.165) is 5.56 Å². The van der Waals surface area contributed by atoms with Crippen LogP contribution in [0.2, 0.25) is 0 Å². The lowest BCUT2D eigenvalue weighted by Gasteiger charge is -2.39. The van der Waals surface area contributed by atoms with Crippen LogP contribution in [0.25, 0.3) is 0 Å². The van der Waals surface area contributed by atoms with Crippen LogP contribution in [0.5, 0.6) is 0 Å². The Kier molecular flexibility index (Phi) is 9.04. The van der Waals surface area contributed by atoms with Gasteiger partial charge in [0.2, 0.25) is 11.8 Å². The lowest BCUT2D eigenvalue weighted by molar-refractivity contribution is -0.140. The number of amides is 4. The Morgan fingerprint density at radius 1 is 1.20 bits per heavy atom. The summed E-state index contributed by atoms with van der Waals surface area (Å²) >= 11 is 0. The van der Waals surface area contributed by atoms with E-state index in [9.17, 15) is 24.6 Å². The number of rotatable bonds is 8. The molecule has 190 valence electrons. The second kappa shape index (κ2) is 12.2. The van der Waals surface area contributed by atoms with Gasteiger partial charge in [0.15, 0.2) is 5.96 Å². The number of hydrogen-bond acceptors (Lipinski definition) is 6. The number of carbonyl (C=O) groups is 3. The zero-order valence-corrected chi connectivity index (χ0v) is 19.4. The molecule has 0 radical (unpaired) electrons. The smallest absolute Gasteiger partial charge is 0.315 e. The van der Waals surface area contributed by atoms with Crippen LogP contribution >= 0.6 is 0 Å². The van der Waals surface area contributed by atoms with Crippen molar-refractivity contribution in [2.45, 2.75) is 43.6 Å². The Balaban J connectivity index is 1.53. The fraction of sp³-hybridized carbons (Fsp3) is 0.478. The van der Waals surface area contributed by atoms with Crippen LogP contribution < -0.4 is 21.7 Å². The van der Waals surface area contributed by atoms with Crippen LogP contribution in [-0.2, 0) is 16.0 Å². The SMILES string of the molecule is N=C(N)N1CCC[C@H](NC(=O)[C@@H]2C=CCN2C(=O)[C@@H](CO)NC(=O)NCCc2ccccc2)C1O. The summed E-state index contributed by atoms with van der Waals surface area (Å²) in [6, 6.07) is 6.14. The molecule has 1 fully saturated rings. The minimum Gasteiger partial charge on any atom is -0.394 e. The third-order valence-electron chi connectivity index (χ3n) is 6.07. The van der Waals surface area contributed by atoms with Crippen molar-refractivity contribution in [3.05, 3.63) is 48.0 Å². The van der Waals surface area contributed by atoms with Gasteiger partial charge < -0.3 is 41.7 Å². The molecule has 0 spiro atoms. The largest absolute Gasteiger partial charge is 0.394 e. The van der Waals surface area contributed by atoms with Crippen LogP contribution in [0.1, 0.15) is 18.4 Å². The van der Waals surface area contributed by atoms with Gasteiger partial charge in [-0.15, -0.1) is 0 Å². The van der Waals surface area contributed by atoms with Crippen molar-refractivity contribution in [3.63, 3.8) is 0 Å². The van der Waals surface area contributed by atoms with Crippen LogP contribution in [0.15, 0.2) is 42.5 Å². The molecule has 1 aromatic carbocycles. The number of aliphatic hydroxyl groups is 2. The Labute approximate surface area is 203 Å². The lowest BCUT2D eigenvalue weighted by Crippen LogP contribution is -2.61. The number of carbonyl (C=O) groups excluding carboxylic acids is 3. The van der Waals surface area contributed by atoms with Gasteiger partial charge in [0.25, 0.3) is 0 Å². The Morgan fingerprint density at radius 3 is 2.63 bits per heavy atom. The van der Waals surface area contributed by atoms with Gasteiger partial charge in [-0.3, -0.25) is 15.0 Å². The van der Waals surface area contributed by atoms with Gasteiger partial charge in [0, 0.05) is 19.6 Å². The molecule has 0 aromatic heterocycles. The number of piperidine rings is 1. The van der Waals surface area contributed by atoms with E-state index in [2.05, 4.69) is 16.0 Å². The van der Waals surface area contributed by atoms with E-state index >= 15 is 0 Å². The fourth-order valence-corrected chi connectivity index (χ4v) is 4.19. The van der Waals surface area contributed by atoms with Gasteiger partial charge in [-0.25, -0.2) is 4.79 Å². The molecule has 1 aromatic rings. The fourth-order valence-electron chi connectivity index (χ4n) is 4.19. The molecule has 0 aliphatic carbocycles. The molecular weight excluding hydrogens is 454 g/mol. The number of nitrogens with two attached hydrogens (primary N) is 1. The zero-order chi connectivity index (χ0) is 25.4. The first-order valence-corrected chi connectivity index (χ1v) is 11.6. The van der Waals surface area contributed by atoms with Gasteiger partial charge in [-0.1, -0.05) is 42.5 Å². The standard InChI is InChI=1S/C23H33N7O5/c24-22(25)30-13-4-8-16(20(30)33)27-19(32)18-9-5-12-29(18)21(34)17(14-31)28-23(35)26-11-10-15-6-2-1-3-7-15/h1-3,5-7,9,16-18,20,31,33H,4,8,10-14H2,(H3,24,25)(H,27,32)(H2,26,28,35)/t16-,17+,18-,20?/m0/s1. The van der Waals surface area contributed by atoms with Crippen LogP contribution in [0.4, 0.5) is 4.79 Å². The number of nitrogens with one attached hydrogen (secondary N) is 4. The second-order valence-corrected chi connectivity index (χ2v) is 8.48. The number of nitrogens with zero attached hydrogens (tertiary/aromatic N) is 2. The minimum absolute atomic E-state index is 0.136. The van der Waals surface area contributed by atoms with Crippen molar-refractivity contribution < 1.29 is 24.6 Å². The predicted octanol–water partition coefficient (Wildman–Crippen LogP) is -1.55. The first kappa shape index (κ1) is 26.0. The van der Waals surface area contributed by atoms with Gasteiger partial charge in [-0.05, 0) is 24.8 Å². The van der Waals surface area contributed by atoms with Crippen molar-refractivity contribution in [2.24, 2.45) is 5.73 Å². The molecule has 12 nitrogen and oxygen atoms in total. The van der Waals surface area contributed by atoms with Gasteiger partial charge in [0.1, 0.15) is 18.3 Å². The molecule has 8 N–H and O–H groups in total. The Bertz CT molecular complexity index is 941. The number of hydrogen-bond donors (Lipinski definition) is 7. The Morgan fingerprint density at radius 2 is 1.94 bits per heavy atom. The number of urea groups is 1. The van der Waals surface area contributed by atoms with E-state index in [0.29, 0.717) is 32.4 Å². The highest BCUT2D eigenvalue weighted by Gasteiger charge is 2.38. The molecule has 35 heavy (non-hydrogen) atoms. The first-order chi connectivity index (χ1) is 16.8. The van der Waals surface area contributed by atoms with E-state index in [1.54, 1.807) is 12.2 Å². The molecule has 3 rings (SSSR count). The summed E-state index contributed by atoms with van der Waals surface area (Å²) in [4.78, 5) is 40.8. The molecule has 2 aliphatic rings. The summed E-state index contributed by atoms with van der Waals surface area (Å²) in [5, 5.41) is 35.6. The highest BCUT2D eigenvalue weighted by molar-refractivity contribution is 5.94. The van der Waals surface area contributed by atoms with E-state index in [-0.39, 0.29) is 12.5 Å². The van der Waals surface area contributed by atoms with Crippen molar-refractivity contribution in [1.29, 1.82) is 5.41 Å². The summed E-state index contributed by atoms with van der Waals surface area (Å²) in [6.07, 6.45) is 3.78. The van der Waals surface area contributed by atoms with E-state index in [1.165, 1.54) is 9.80 Å². The first-order valence-electron chi connectivity index (χ1n) is 11.6. The van der Waals surface area contributed by atoms with E-state index < -0.39 is 48.8 Å². The molecule has 0 bridgehead atoms. The number of likely N-dealkylation sites (tertiary alicyclic amines) is 1. The summed E-state index contributed by atoms with van der Waals surface area (Å²) < 4.78 is 0. The second-order valence-electron chi connectivity index (χ2n) is 8.48. The summed E-state index contributed by atoms with van der Waals surface area (Å²) in [5.41, 5.74) is 6.54. The molecule has 1 saturated heterocycles. The number of guanidine groups is 1. The maximum atomic E-state index is 13.0. The third kappa shape index (κ3) is 6.70. The zero-order valence-electron chi connectivity index (χ0n) is 19.4. The number of benzene rings is 1. The van der Waals surface area contributed by atoms with E-state index in [1.807, 2.05) is 30.3 Å². The number of aliphatic hydroxyl groups excluding tert-OH is 2. The van der Waals surface area contributed by atoms with Crippen molar-refractivity contribution >= 4 is 23.8 Å². The minimum atomic E-state index is -1.23. The lowest BCUT2D eigenvalue weighted by atomic mass is 10.0. The Hall–Kier alpha value is -3.64. The molecule has 12 heteroatoms. The van der Waals surface area contributed by atoms with Crippen LogP contribution in [-0.4, -0.2) is 94.4 Å². The summed E-state index contributed by atoms with van der Waals surface area (Å²) in [7, 11) is 0. The molecular formula is C23H33N7O5. The molecule has 4 amide bonds. The van der Waals surface area contributed by atoms with Gasteiger partial charge >= 0.3 is 6.03 Å². The van der Waals surface area contributed by atoms with E-state index in [4.69, 9.17) is 11.1 Å². The van der Waals surface area contributed by atoms with Crippen LogP contribution in [0.3, 0.4) is 0 Å². The van der Waals surface area contributed by atoms with Gasteiger partial charge in [-0.2, -0.15) is 0 Å². The molecule has 2 aliphatic heterocycles. The normalized spacial score (nSPS) is 22.4. The van der Waals surface area contributed by atoms with Crippen molar-refractivity contribution in [2.75, 3.05) is 26.2 Å². The van der Waals surface area contributed by atoms with Crippen molar-refractivity contribution in [1.82, 2.24) is 25.8 Å². The maximum Gasteiger partial charge on any atom is 0.315 e. The molecule has 2 heterocycles. The van der Waals surface area contributed by atoms with Crippen molar-refractivity contribution in [3.8, 4) is 0 Å². The maximum absolute atomic E-state index is 13.0. The molecule has 1 unspecified atom stereocenters. The average Bonchev–Trinajstić information content (AvgIpc) is 3.34. The predicted molar refractivity (Wildman–Crippen MR) is 128 cm³/mol. The third-order valence-corrected chi connectivity index (χ3v) is 6.07. The highest BCUT2D eigenvalue weighted by Crippen LogP contribution is 2.18. The van der Waals surface area contributed by atoms with Crippen LogP contribution in [0, 0.1) is 5.41 Å². The summed E-state index contributed by atoms with van der Waals surface area (Å²) in [5.74, 6) is -1.40. The molecule has 4 atom stereocenters. The average molecular weight is 488 g/mol. The quantitative estimate of drug-likeness (QED) is 0.131.